The molecule has 2 saturated heterocycles. The number of rotatable bonds is 8. The van der Waals surface area contributed by atoms with E-state index in [9.17, 15) is 9.59 Å². The molecule has 1 N–H and O–H groups in total. The van der Waals surface area contributed by atoms with Gasteiger partial charge in [-0.05, 0) is 68.1 Å². The average molecular weight is 434 g/mol. The molecule has 0 spiro atoms. The Bertz CT molecular complexity index is 628. The van der Waals surface area contributed by atoms with Crippen molar-refractivity contribution in [3.8, 4) is 0 Å². The van der Waals surface area contributed by atoms with E-state index in [2.05, 4.69) is 10.2 Å². The molecule has 7 nitrogen and oxygen atoms in total. The monoisotopic (exact) mass is 433 g/mol. The van der Waals surface area contributed by atoms with Crippen LogP contribution < -0.4 is 5.32 Å². The molecular formula is C24H39N3O4. The Morgan fingerprint density at radius 1 is 1.00 bits per heavy atom. The molecule has 174 valence electrons. The van der Waals surface area contributed by atoms with Gasteiger partial charge in [0.1, 0.15) is 0 Å². The highest BCUT2D eigenvalue weighted by molar-refractivity contribution is 5.85. The van der Waals surface area contributed by atoms with Gasteiger partial charge in [-0.25, -0.2) is 0 Å². The minimum absolute atomic E-state index is 0.0261. The van der Waals surface area contributed by atoms with E-state index in [4.69, 9.17) is 9.47 Å². The molecular weight excluding hydrogens is 394 g/mol. The Labute approximate surface area is 186 Å². The predicted octanol–water partition coefficient (Wildman–Crippen LogP) is 1.66. The molecule has 0 aromatic carbocycles. The van der Waals surface area contributed by atoms with E-state index >= 15 is 0 Å². The smallest absolute Gasteiger partial charge is 0.242 e. The van der Waals surface area contributed by atoms with Gasteiger partial charge in [0.15, 0.2) is 0 Å². The van der Waals surface area contributed by atoms with Gasteiger partial charge in [0, 0.05) is 39.1 Å². The third-order valence-electron chi connectivity index (χ3n) is 8.50. The van der Waals surface area contributed by atoms with Crippen molar-refractivity contribution in [2.24, 2.45) is 23.2 Å². The maximum atomic E-state index is 12.7. The lowest BCUT2D eigenvalue weighted by Crippen LogP contribution is -2.48. The lowest BCUT2D eigenvalue weighted by molar-refractivity contribution is -0.135. The van der Waals surface area contributed by atoms with Gasteiger partial charge in [0.05, 0.1) is 32.5 Å². The standard InChI is InChI=1S/C24H39N3O4/c28-22(15-24-12-18-9-19(13-24)11-20(10-18)14-24)25-16-23(29)27-2-1-21(17-27)31-8-5-26-3-6-30-7-4-26/h18-21H,1-17H2,(H,25,28). The second-order valence-corrected chi connectivity index (χ2v) is 10.9. The highest BCUT2D eigenvalue weighted by Gasteiger charge is 2.51. The van der Waals surface area contributed by atoms with Crippen molar-refractivity contribution in [3.05, 3.63) is 0 Å². The number of carbonyl (C=O) groups excluding carboxylic acids is 2. The summed E-state index contributed by atoms with van der Waals surface area (Å²) in [7, 11) is 0. The SMILES string of the molecule is O=C(CC12CC3CC(CC(C3)C1)C2)NCC(=O)N1CCC(OCCN2CCOCC2)C1. The number of likely N-dealkylation sites (tertiary alicyclic amines) is 1. The molecule has 6 rings (SSSR count). The van der Waals surface area contributed by atoms with Crippen LogP contribution in [-0.2, 0) is 19.1 Å². The predicted molar refractivity (Wildman–Crippen MR) is 116 cm³/mol. The maximum absolute atomic E-state index is 12.7. The fourth-order valence-corrected chi connectivity index (χ4v) is 7.46. The Kier molecular flexibility index (Phi) is 6.54. The molecule has 6 aliphatic rings. The summed E-state index contributed by atoms with van der Waals surface area (Å²) < 4.78 is 11.4. The minimum Gasteiger partial charge on any atom is -0.379 e. The summed E-state index contributed by atoms with van der Waals surface area (Å²) in [6, 6.07) is 0. The molecule has 7 heteroatoms. The van der Waals surface area contributed by atoms with Gasteiger partial charge in [-0.15, -0.1) is 0 Å². The Morgan fingerprint density at radius 3 is 2.35 bits per heavy atom. The molecule has 4 saturated carbocycles. The van der Waals surface area contributed by atoms with Crippen molar-refractivity contribution in [1.29, 1.82) is 0 Å². The van der Waals surface area contributed by atoms with Crippen LogP contribution in [0.15, 0.2) is 0 Å². The largest absolute Gasteiger partial charge is 0.379 e. The van der Waals surface area contributed by atoms with Gasteiger partial charge in [0.25, 0.3) is 0 Å². The van der Waals surface area contributed by atoms with E-state index in [-0.39, 0.29) is 29.9 Å². The number of ether oxygens (including phenoxy) is 2. The molecule has 0 aromatic rings. The van der Waals surface area contributed by atoms with Crippen LogP contribution in [0, 0.1) is 23.2 Å². The fraction of sp³-hybridized carbons (Fsp3) is 0.917. The lowest BCUT2D eigenvalue weighted by atomic mass is 9.49. The second kappa shape index (κ2) is 9.36. The first-order chi connectivity index (χ1) is 15.1. The van der Waals surface area contributed by atoms with E-state index in [1.165, 1.54) is 38.5 Å². The van der Waals surface area contributed by atoms with Crippen LogP contribution >= 0.6 is 0 Å². The zero-order valence-corrected chi connectivity index (χ0v) is 18.9. The molecule has 2 amide bonds. The number of hydrogen-bond acceptors (Lipinski definition) is 5. The van der Waals surface area contributed by atoms with Crippen LogP contribution in [0.2, 0.25) is 0 Å². The molecule has 1 unspecified atom stereocenters. The molecule has 6 fully saturated rings. The van der Waals surface area contributed by atoms with Crippen LogP contribution in [0.4, 0.5) is 0 Å². The molecule has 1 atom stereocenters. The average Bonchev–Trinajstić information content (AvgIpc) is 3.20. The van der Waals surface area contributed by atoms with Crippen LogP contribution in [0.5, 0.6) is 0 Å². The summed E-state index contributed by atoms with van der Waals surface area (Å²) in [5.41, 5.74) is 0.231. The van der Waals surface area contributed by atoms with Gasteiger partial charge in [-0.1, -0.05) is 0 Å². The van der Waals surface area contributed by atoms with E-state index < -0.39 is 0 Å². The molecule has 2 heterocycles. The van der Waals surface area contributed by atoms with Gasteiger partial charge >= 0.3 is 0 Å². The second-order valence-electron chi connectivity index (χ2n) is 10.9. The third-order valence-corrected chi connectivity index (χ3v) is 8.50. The minimum atomic E-state index is 0.0261. The molecule has 4 aliphatic carbocycles. The molecule has 4 bridgehead atoms. The molecule has 31 heavy (non-hydrogen) atoms. The molecule has 0 aromatic heterocycles. The van der Waals surface area contributed by atoms with Crippen molar-refractivity contribution in [2.45, 2.75) is 57.5 Å². The summed E-state index contributed by atoms with van der Waals surface area (Å²) in [5, 5.41) is 2.95. The highest BCUT2D eigenvalue weighted by Crippen LogP contribution is 2.61. The Hall–Kier alpha value is -1.18. The van der Waals surface area contributed by atoms with E-state index in [1.54, 1.807) is 0 Å². The van der Waals surface area contributed by atoms with Gasteiger partial charge in [0.2, 0.25) is 11.8 Å². The number of nitrogens with one attached hydrogen (secondary N) is 1. The number of hydrogen-bond donors (Lipinski definition) is 1. The number of carbonyl (C=O) groups is 2. The first kappa shape index (κ1) is 21.7. The Balaban J connectivity index is 0.997. The first-order valence-corrected chi connectivity index (χ1v) is 12.5. The normalized spacial score (nSPS) is 37.4. The molecule has 2 aliphatic heterocycles. The highest BCUT2D eigenvalue weighted by atomic mass is 16.5. The third kappa shape index (κ3) is 5.25. The summed E-state index contributed by atoms with van der Waals surface area (Å²) >= 11 is 0. The fourth-order valence-electron chi connectivity index (χ4n) is 7.46. The van der Waals surface area contributed by atoms with Crippen molar-refractivity contribution in [3.63, 3.8) is 0 Å². The van der Waals surface area contributed by atoms with E-state index in [1.807, 2.05) is 4.90 Å². The van der Waals surface area contributed by atoms with Gasteiger partial charge < -0.3 is 19.7 Å². The maximum Gasteiger partial charge on any atom is 0.242 e. The van der Waals surface area contributed by atoms with Crippen molar-refractivity contribution in [1.82, 2.24) is 15.1 Å². The van der Waals surface area contributed by atoms with E-state index in [0.29, 0.717) is 19.6 Å². The van der Waals surface area contributed by atoms with Crippen LogP contribution in [0.3, 0.4) is 0 Å². The summed E-state index contributed by atoms with van der Waals surface area (Å²) in [6.45, 7) is 6.69. The van der Waals surface area contributed by atoms with Gasteiger partial charge in [-0.2, -0.15) is 0 Å². The summed E-state index contributed by atoms with van der Waals surface area (Å²) in [6.07, 6.45) is 9.50. The summed E-state index contributed by atoms with van der Waals surface area (Å²) in [5.74, 6) is 2.66. The van der Waals surface area contributed by atoms with Crippen molar-refractivity contribution < 1.29 is 19.1 Å². The van der Waals surface area contributed by atoms with Crippen LogP contribution in [-0.4, -0.2) is 86.8 Å². The number of amides is 2. The van der Waals surface area contributed by atoms with E-state index in [0.717, 1.165) is 63.6 Å². The van der Waals surface area contributed by atoms with Crippen LogP contribution in [0.25, 0.3) is 0 Å². The molecule has 0 radical (unpaired) electrons. The van der Waals surface area contributed by atoms with Crippen molar-refractivity contribution in [2.75, 3.05) is 59.1 Å². The first-order valence-electron chi connectivity index (χ1n) is 12.5. The topological polar surface area (TPSA) is 71.1 Å². The van der Waals surface area contributed by atoms with Crippen LogP contribution in [0.1, 0.15) is 51.4 Å². The zero-order valence-electron chi connectivity index (χ0n) is 18.9. The number of nitrogens with zero attached hydrogens (tertiary/aromatic N) is 2. The quantitative estimate of drug-likeness (QED) is 0.630. The Morgan fingerprint density at radius 2 is 1.68 bits per heavy atom. The summed E-state index contributed by atoms with van der Waals surface area (Å²) in [4.78, 5) is 29.5. The van der Waals surface area contributed by atoms with Crippen molar-refractivity contribution >= 4 is 11.8 Å². The zero-order chi connectivity index (χ0) is 21.3. The van der Waals surface area contributed by atoms with Gasteiger partial charge in [-0.3, -0.25) is 14.5 Å². The number of morpholine rings is 1. The lowest BCUT2D eigenvalue weighted by Gasteiger charge is -2.56.